The topological polar surface area (TPSA) is 37.8 Å². The van der Waals surface area contributed by atoms with E-state index in [0.717, 1.165) is 28.1 Å². The first kappa shape index (κ1) is 14.4. The molecular weight excluding hydrogens is 377 g/mol. The lowest BCUT2D eigenvalue weighted by molar-refractivity contribution is 0.620. The Labute approximate surface area is 127 Å². The van der Waals surface area contributed by atoms with Crippen molar-refractivity contribution in [3.63, 3.8) is 0 Å². The largest absolute Gasteiger partial charge is 0.340 e. The van der Waals surface area contributed by atoms with Crippen molar-refractivity contribution in [2.24, 2.45) is 0 Å². The molecule has 1 aromatic heterocycles. The third-order valence-electron chi connectivity index (χ3n) is 2.59. The summed E-state index contributed by atoms with van der Waals surface area (Å²) in [5.74, 6) is 1.15. The standard InChI is InChI=1S/C13H12Br2FN3/c1-3-12-18-11(15)6-13(19-12)17-10-5-8(14)9(16)4-7(10)2/h4-6H,3H2,1-2H3,(H,17,18,19). The van der Waals surface area contributed by atoms with Gasteiger partial charge in [-0.25, -0.2) is 14.4 Å². The number of rotatable bonds is 3. The van der Waals surface area contributed by atoms with Crippen molar-refractivity contribution < 1.29 is 4.39 Å². The molecular formula is C13H12Br2FN3. The van der Waals surface area contributed by atoms with E-state index in [1.807, 2.05) is 13.8 Å². The molecule has 0 spiro atoms. The smallest absolute Gasteiger partial charge is 0.137 e. The summed E-state index contributed by atoms with van der Waals surface area (Å²) in [6.45, 7) is 3.83. The molecule has 1 aromatic carbocycles. The molecule has 0 aliphatic heterocycles. The van der Waals surface area contributed by atoms with Crippen LogP contribution in [0.2, 0.25) is 0 Å². The molecule has 0 saturated heterocycles. The van der Waals surface area contributed by atoms with E-state index in [2.05, 4.69) is 47.1 Å². The minimum atomic E-state index is -0.277. The zero-order chi connectivity index (χ0) is 14.0. The fraction of sp³-hybridized carbons (Fsp3) is 0.231. The summed E-state index contributed by atoms with van der Waals surface area (Å²) < 4.78 is 14.5. The van der Waals surface area contributed by atoms with E-state index in [9.17, 15) is 4.39 Å². The van der Waals surface area contributed by atoms with Crippen LogP contribution < -0.4 is 5.32 Å². The third-order valence-corrected chi connectivity index (χ3v) is 3.60. The van der Waals surface area contributed by atoms with Gasteiger partial charge >= 0.3 is 0 Å². The normalized spacial score (nSPS) is 10.6. The van der Waals surface area contributed by atoms with Crippen molar-refractivity contribution in [3.05, 3.63) is 44.5 Å². The Balaban J connectivity index is 2.36. The van der Waals surface area contributed by atoms with E-state index < -0.39 is 0 Å². The summed E-state index contributed by atoms with van der Waals surface area (Å²) in [6, 6.07) is 4.96. The number of aryl methyl sites for hydroxylation is 2. The highest BCUT2D eigenvalue weighted by molar-refractivity contribution is 9.10. The molecule has 0 aliphatic carbocycles. The van der Waals surface area contributed by atoms with Crippen LogP contribution >= 0.6 is 31.9 Å². The Morgan fingerprint density at radius 3 is 2.63 bits per heavy atom. The number of halogens is 3. The predicted octanol–water partition coefficient (Wildman–Crippen LogP) is 4.76. The van der Waals surface area contributed by atoms with Gasteiger partial charge in [0.1, 0.15) is 22.1 Å². The highest BCUT2D eigenvalue weighted by atomic mass is 79.9. The second-order valence-electron chi connectivity index (χ2n) is 4.05. The lowest BCUT2D eigenvalue weighted by atomic mass is 10.2. The maximum atomic E-state index is 13.4. The predicted molar refractivity (Wildman–Crippen MR) is 81.2 cm³/mol. The van der Waals surface area contributed by atoms with Gasteiger partial charge in [-0.1, -0.05) is 6.92 Å². The molecule has 0 atom stereocenters. The van der Waals surface area contributed by atoms with Gasteiger partial charge < -0.3 is 5.32 Å². The number of nitrogens with zero attached hydrogens (tertiary/aromatic N) is 2. The van der Waals surface area contributed by atoms with Crippen molar-refractivity contribution in [2.45, 2.75) is 20.3 Å². The number of benzene rings is 1. The first-order valence-electron chi connectivity index (χ1n) is 5.75. The minimum absolute atomic E-state index is 0.277. The zero-order valence-corrected chi connectivity index (χ0v) is 13.6. The van der Waals surface area contributed by atoms with Gasteiger partial charge in [-0.3, -0.25) is 0 Å². The lowest BCUT2D eigenvalue weighted by Crippen LogP contribution is -2.01. The van der Waals surface area contributed by atoms with Gasteiger partial charge in [-0.2, -0.15) is 0 Å². The van der Waals surface area contributed by atoms with Crippen LogP contribution in [0, 0.1) is 12.7 Å². The van der Waals surface area contributed by atoms with E-state index in [-0.39, 0.29) is 5.82 Å². The van der Waals surface area contributed by atoms with Gasteiger partial charge in [0.05, 0.1) is 4.47 Å². The molecule has 0 amide bonds. The van der Waals surface area contributed by atoms with Crippen LogP contribution in [0.15, 0.2) is 27.3 Å². The summed E-state index contributed by atoms with van der Waals surface area (Å²) in [6.07, 6.45) is 0.750. The Morgan fingerprint density at radius 2 is 1.95 bits per heavy atom. The molecule has 0 unspecified atom stereocenters. The SMILES string of the molecule is CCc1nc(Br)cc(Nc2cc(Br)c(F)cc2C)n1. The van der Waals surface area contributed by atoms with Crippen LogP contribution in [0.25, 0.3) is 0 Å². The third kappa shape index (κ3) is 3.51. The van der Waals surface area contributed by atoms with Crippen LogP contribution in [0.4, 0.5) is 15.9 Å². The molecule has 1 heterocycles. The molecule has 0 bridgehead atoms. The highest BCUT2D eigenvalue weighted by Gasteiger charge is 2.07. The van der Waals surface area contributed by atoms with Gasteiger partial charge in [0.2, 0.25) is 0 Å². The second-order valence-corrected chi connectivity index (χ2v) is 5.72. The molecule has 100 valence electrons. The summed E-state index contributed by atoms with van der Waals surface area (Å²) in [5, 5.41) is 3.18. The Hall–Kier alpha value is -1.01. The minimum Gasteiger partial charge on any atom is -0.340 e. The van der Waals surface area contributed by atoms with E-state index in [1.165, 1.54) is 6.07 Å². The van der Waals surface area contributed by atoms with E-state index in [0.29, 0.717) is 10.3 Å². The Kier molecular flexibility index (Phi) is 4.52. The molecule has 2 rings (SSSR count). The Morgan fingerprint density at radius 1 is 1.21 bits per heavy atom. The van der Waals surface area contributed by atoms with Gasteiger partial charge in [-0.05, 0) is 56.5 Å². The van der Waals surface area contributed by atoms with Crippen LogP contribution in [0.3, 0.4) is 0 Å². The maximum absolute atomic E-state index is 13.4. The van der Waals surface area contributed by atoms with E-state index >= 15 is 0 Å². The van der Waals surface area contributed by atoms with Crippen LogP contribution in [0.5, 0.6) is 0 Å². The van der Waals surface area contributed by atoms with E-state index in [1.54, 1.807) is 12.1 Å². The molecule has 3 nitrogen and oxygen atoms in total. The van der Waals surface area contributed by atoms with Crippen molar-refractivity contribution in [3.8, 4) is 0 Å². The molecule has 0 radical (unpaired) electrons. The van der Waals surface area contributed by atoms with Gasteiger partial charge in [-0.15, -0.1) is 0 Å². The van der Waals surface area contributed by atoms with Crippen molar-refractivity contribution >= 4 is 43.4 Å². The van der Waals surface area contributed by atoms with Gasteiger partial charge in [0.25, 0.3) is 0 Å². The highest BCUT2D eigenvalue weighted by Crippen LogP contribution is 2.27. The van der Waals surface area contributed by atoms with Gasteiger partial charge in [0, 0.05) is 18.2 Å². The summed E-state index contributed by atoms with van der Waals surface area (Å²) in [4.78, 5) is 8.62. The molecule has 6 heteroatoms. The summed E-state index contributed by atoms with van der Waals surface area (Å²) in [5.41, 5.74) is 1.62. The van der Waals surface area contributed by atoms with Crippen LogP contribution in [-0.2, 0) is 6.42 Å². The fourth-order valence-electron chi connectivity index (χ4n) is 1.61. The van der Waals surface area contributed by atoms with Crippen molar-refractivity contribution in [1.82, 2.24) is 9.97 Å². The van der Waals surface area contributed by atoms with Crippen molar-refractivity contribution in [1.29, 1.82) is 0 Å². The maximum Gasteiger partial charge on any atom is 0.137 e. The number of aromatic nitrogens is 2. The summed E-state index contributed by atoms with van der Waals surface area (Å²) in [7, 11) is 0. The van der Waals surface area contributed by atoms with Gasteiger partial charge in [0.15, 0.2) is 0 Å². The average Bonchev–Trinajstić information content (AvgIpc) is 2.35. The zero-order valence-electron chi connectivity index (χ0n) is 10.5. The summed E-state index contributed by atoms with van der Waals surface area (Å²) >= 11 is 6.53. The molecule has 0 saturated carbocycles. The van der Waals surface area contributed by atoms with E-state index in [4.69, 9.17) is 0 Å². The molecule has 0 aliphatic rings. The number of anilines is 2. The van der Waals surface area contributed by atoms with Crippen LogP contribution in [-0.4, -0.2) is 9.97 Å². The molecule has 0 fully saturated rings. The fourth-order valence-corrected chi connectivity index (χ4v) is 2.37. The number of hydrogen-bond donors (Lipinski definition) is 1. The monoisotopic (exact) mass is 387 g/mol. The first-order valence-corrected chi connectivity index (χ1v) is 7.34. The lowest BCUT2D eigenvalue weighted by Gasteiger charge is -2.11. The quantitative estimate of drug-likeness (QED) is 0.770. The Bertz CT molecular complexity index is 617. The van der Waals surface area contributed by atoms with Crippen LogP contribution in [0.1, 0.15) is 18.3 Å². The molecule has 2 aromatic rings. The first-order chi connectivity index (χ1) is 8.99. The van der Waals surface area contributed by atoms with Crippen molar-refractivity contribution in [2.75, 3.05) is 5.32 Å². The molecule has 1 N–H and O–H groups in total. The average molecular weight is 389 g/mol. The molecule has 19 heavy (non-hydrogen) atoms. The number of nitrogens with one attached hydrogen (secondary N) is 1. The second kappa shape index (κ2) is 5.96. The number of hydrogen-bond acceptors (Lipinski definition) is 3.